The highest BCUT2D eigenvalue weighted by Gasteiger charge is 2.30. The lowest BCUT2D eigenvalue weighted by atomic mass is 10.4. The van der Waals surface area contributed by atoms with Crippen LogP contribution in [-0.4, -0.2) is 11.5 Å². The van der Waals surface area contributed by atoms with Crippen LogP contribution in [0.15, 0.2) is 34.1 Å². The van der Waals surface area contributed by atoms with Gasteiger partial charge in [0.25, 0.3) is 0 Å². The van der Waals surface area contributed by atoms with Crippen molar-refractivity contribution in [3.63, 3.8) is 0 Å². The molecule has 0 radical (unpaired) electrons. The summed E-state index contributed by atoms with van der Waals surface area (Å²) in [4.78, 5) is 10.8. The van der Waals surface area contributed by atoms with Crippen molar-refractivity contribution in [1.29, 1.82) is 0 Å². The Morgan fingerprint density at radius 2 is 2.60 bits per heavy atom. The highest BCUT2D eigenvalue weighted by Crippen LogP contribution is 2.22. The molecule has 2 aliphatic rings. The molecular weight excluding hydrogens is 134 g/mol. The monoisotopic (exact) mass is 138 g/mol. The van der Waals surface area contributed by atoms with Crippen LogP contribution in [0.1, 0.15) is 0 Å². The fourth-order valence-electron chi connectivity index (χ4n) is 0.793. The van der Waals surface area contributed by atoms with Gasteiger partial charge in [-0.1, -0.05) is 0 Å². The summed E-state index contributed by atoms with van der Waals surface area (Å²) in [7, 11) is 0. The molecule has 0 spiro atoms. The second-order valence-electron chi connectivity index (χ2n) is 1.91. The van der Waals surface area contributed by atoms with Gasteiger partial charge in [0.15, 0.2) is 5.70 Å². The molecule has 2 aliphatic heterocycles. The van der Waals surface area contributed by atoms with Gasteiger partial charge in [-0.3, -0.25) is 0 Å². The van der Waals surface area contributed by atoms with Gasteiger partial charge in [0.05, 0.1) is 4.76 Å². The van der Waals surface area contributed by atoms with Gasteiger partial charge in [-0.2, -0.15) is 5.11 Å². The third-order valence-corrected chi connectivity index (χ3v) is 1.26. The summed E-state index contributed by atoms with van der Waals surface area (Å²) in [5, 5.41) is 7.19. The molecule has 2 rings (SSSR count). The van der Waals surface area contributed by atoms with Gasteiger partial charge in [0.1, 0.15) is 12.5 Å². The molecular formula is C5H4N3O2+. The summed E-state index contributed by atoms with van der Waals surface area (Å²) in [5.74, 6) is 0. The molecule has 0 N–H and O–H groups in total. The van der Waals surface area contributed by atoms with E-state index in [0.29, 0.717) is 16.2 Å². The molecule has 0 aromatic heterocycles. The van der Waals surface area contributed by atoms with Crippen molar-refractivity contribution in [2.45, 2.75) is 0 Å². The van der Waals surface area contributed by atoms with E-state index >= 15 is 0 Å². The van der Waals surface area contributed by atoms with Crippen molar-refractivity contribution in [2.24, 2.45) is 10.2 Å². The summed E-state index contributed by atoms with van der Waals surface area (Å²) in [6.07, 6.45) is 2.85. The predicted molar refractivity (Wildman–Crippen MR) is 30.6 cm³/mol. The highest BCUT2D eigenvalue weighted by molar-refractivity contribution is 5.25. The Morgan fingerprint density at radius 3 is 3.40 bits per heavy atom. The van der Waals surface area contributed by atoms with Crippen molar-refractivity contribution in [3.05, 3.63) is 28.8 Å². The third-order valence-electron chi connectivity index (χ3n) is 1.26. The van der Waals surface area contributed by atoms with E-state index in [1.165, 1.54) is 12.5 Å². The van der Waals surface area contributed by atoms with Gasteiger partial charge in [-0.25, -0.2) is 0 Å². The van der Waals surface area contributed by atoms with E-state index in [1.54, 1.807) is 0 Å². The van der Waals surface area contributed by atoms with E-state index in [-0.39, 0.29) is 6.73 Å². The van der Waals surface area contributed by atoms with Crippen LogP contribution in [0.25, 0.3) is 0 Å². The fraction of sp³-hybridized carbons (Fsp3) is 0.200. The highest BCUT2D eigenvalue weighted by atomic mass is 16.5. The molecule has 0 fully saturated rings. The number of ether oxygens (including phenoxy) is 1. The van der Waals surface area contributed by atoms with Crippen molar-refractivity contribution in [3.8, 4) is 0 Å². The summed E-state index contributed by atoms with van der Waals surface area (Å²) in [6, 6.07) is 0. The zero-order valence-corrected chi connectivity index (χ0v) is 5.02. The third kappa shape index (κ3) is 0.570. The molecule has 0 bridgehead atoms. The minimum absolute atomic E-state index is 0.0281. The second kappa shape index (κ2) is 1.73. The molecule has 0 aromatic rings. The quantitative estimate of drug-likeness (QED) is 0.467. The molecule has 0 amide bonds. The first-order chi connectivity index (χ1) is 4.88. The lowest BCUT2D eigenvalue weighted by molar-refractivity contribution is -0.539. The van der Waals surface area contributed by atoms with Gasteiger partial charge in [-0.05, 0) is 0 Å². The number of nitroso groups, excluding NO2 is 1. The smallest absolute Gasteiger partial charge is 0.340 e. The Kier molecular flexibility index (Phi) is 0.913. The van der Waals surface area contributed by atoms with Gasteiger partial charge in [0, 0.05) is 4.91 Å². The molecule has 0 aliphatic carbocycles. The van der Waals surface area contributed by atoms with Crippen LogP contribution in [0.2, 0.25) is 0 Å². The number of nitrogens with zero attached hydrogens (tertiary/aromatic N) is 3. The van der Waals surface area contributed by atoms with Gasteiger partial charge in [-0.15, -0.1) is 5.11 Å². The fourth-order valence-corrected chi connectivity index (χ4v) is 0.793. The van der Waals surface area contributed by atoms with Crippen LogP contribution in [0.4, 0.5) is 0 Å². The lowest BCUT2D eigenvalue weighted by Crippen LogP contribution is -2.15. The molecule has 0 saturated carbocycles. The van der Waals surface area contributed by atoms with E-state index in [2.05, 4.69) is 10.2 Å². The maximum atomic E-state index is 10.8. The topological polar surface area (TPSA) is 54.0 Å². The Hall–Kier alpha value is -1.52. The van der Waals surface area contributed by atoms with Crippen molar-refractivity contribution >= 4 is 0 Å². The molecule has 0 aromatic carbocycles. The Labute approximate surface area is 56.3 Å². The van der Waals surface area contributed by atoms with E-state index in [9.17, 15) is 4.91 Å². The normalized spacial score (nSPS) is 21.4. The van der Waals surface area contributed by atoms with Crippen LogP contribution >= 0.6 is 0 Å². The molecule has 5 heteroatoms. The minimum Gasteiger partial charge on any atom is -0.438 e. The Bertz CT molecular complexity index is 277. The first-order valence-corrected chi connectivity index (χ1v) is 2.76. The number of fused-ring (bicyclic) bond motifs is 1. The zero-order valence-electron chi connectivity index (χ0n) is 5.02. The van der Waals surface area contributed by atoms with Crippen molar-refractivity contribution in [2.75, 3.05) is 6.73 Å². The first kappa shape index (κ1) is 5.28. The zero-order chi connectivity index (χ0) is 6.97. The van der Waals surface area contributed by atoms with E-state index in [0.717, 1.165) is 0 Å². The lowest BCUT2D eigenvalue weighted by Gasteiger charge is -1.99. The molecule has 50 valence electrons. The molecule has 10 heavy (non-hydrogen) atoms. The summed E-state index contributed by atoms with van der Waals surface area (Å²) in [6.45, 7) is 0.0281. The van der Waals surface area contributed by atoms with E-state index < -0.39 is 0 Å². The SMILES string of the molecule is O=[N+]1COC=C2N=NC=C21. The van der Waals surface area contributed by atoms with Crippen LogP contribution in [0, 0.1) is 4.91 Å². The first-order valence-electron chi connectivity index (χ1n) is 2.76. The number of rotatable bonds is 0. The number of hydrogen-bond donors (Lipinski definition) is 0. The molecule has 5 nitrogen and oxygen atoms in total. The van der Waals surface area contributed by atoms with Gasteiger partial charge < -0.3 is 4.74 Å². The average Bonchev–Trinajstić information content (AvgIpc) is 2.36. The molecule has 0 atom stereocenters. The Balaban J connectivity index is 2.46. The largest absolute Gasteiger partial charge is 0.438 e. The minimum atomic E-state index is 0.0281. The summed E-state index contributed by atoms with van der Waals surface area (Å²) in [5.41, 5.74) is 0.979. The second-order valence-corrected chi connectivity index (χ2v) is 1.91. The van der Waals surface area contributed by atoms with E-state index in [4.69, 9.17) is 4.74 Å². The van der Waals surface area contributed by atoms with Crippen LogP contribution in [-0.2, 0) is 4.74 Å². The maximum Gasteiger partial charge on any atom is 0.340 e. The number of hydrogen-bond acceptors (Lipinski definition) is 4. The van der Waals surface area contributed by atoms with Crippen LogP contribution in [0.5, 0.6) is 0 Å². The predicted octanol–water partition coefficient (Wildman–Crippen LogP) is 0.902. The average molecular weight is 138 g/mol. The van der Waals surface area contributed by atoms with Crippen molar-refractivity contribution < 1.29 is 9.50 Å². The van der Waals surface area contributed by atoms with Crippen molar-refractivity contribution in [1.82, 2.24) is 0 Å². The Morgan fingerprint density at radius 1 is 1.70 bits per heavy atom. The van der Waals surface area contributed by atoms with E-state index in [1.807, 2.05) is 0 Å². The standard InChI is InChI=1S/C5H4N3O2/c9-8-3-10-2-4-5(8)1-6-7-4/h1-2H,3H2/q+1. The molecule has 2 heterocycles. The summed E-state index contributed by atoms with van der Waals surface area (Å²) >= 11 is 0. The number of azo groups is 1. The van der Waals surface area contributed by atoms with Crippen LogP contribution in [0.3, 0.4) is 0 Å². The van der Waals surface area contributed by atoms with Gasteiger partial charge >= 0.3 is 12.4 Å². The van der Waals surface area contributed by atoms with Crippen LogP contribution < -0.4 is 0 Å². The maximum absolute atomic E-state index is 10.8. The molecule has 0 unspecified atom stereocenters. The van der Waals surface area contributed by atoms with Gasteiger partial charge in [0.2, 0.25) is 0 Å². The molecule has 0 saturated heterocycles. The summed E-state index contributed by atoms with van der Waals surface area (Å²) < 4.78 is 5.46.